The van der Waals surface area contributed by atoms with Crippen LogP contribution in [-0.4, -0.2) is 18.8 Å². The summed E-state index contributed by atoms with van der Waals surface area (Å²) >= 11 is 0. The van der Waals surface area contributed by atoms with Crippen molar-refractivity contribution < 1.29 is 18.6 Å². The number of hydrogen-bond acceptors (Lipinski definition) is 3. The molecule has 0 bridgehead atoms. The fourth-order valence-corrected chi connectivity index (χ4v) is 1.27. The molecule has 0 saturated heterocycles. The Morgan fingerprint density at radius 2 is 2.13 bits per heavy atom. The van der Waals surface area contributed by atoms with Crippen LogP contribution in [0.15, 0.2) is 18.2 Å². The Labute approximate surface area is 86.5 Å². The number of methoxy groups -OCH3 is 1. The first-order valence-electron chi connectivity index (χ1n) is 4.44. The van der Waals surface area contributed by atoms with E-state index in [4.69, 9.17) is 10.5 Å². The molecule has 5 heteroatoms. The van der Waals surface area contributed by atoms with E-state index in [1.165, 1.54) is 25.3 Å². The number of rotatable bonds is 4. The largest absolute Gasteiger partial charge is 0.496 e. The minimum absolute atomic E-state index is 0.00495. The van der Waals surface area contributed by atoms with Gasteiger partial charge in [-0.1, -0.05) is 6.07 Å². The summed E-state index contributed by atoms with van der Waals surface area (Å²) in [6, 6.07) is 4.12. The molecule has 0 aromatic heterocycles. The molecule has 84 valence electrons. The molecule has 0 aliphatic carbocycles. The predicted octanol–water partition coefficient (Wildman–Crippen LogP) is 1.62. The third-order valence-corrected chi connectivity index (χ3v) is 2.10. The molecule has 0 aliphatic heterocycles. The van der Waals surface area contributed by atoms with Crippen LogP contribution in [0.25, 0.3) is 0 Å². The third kappa shape index (κ3) is 2.64. The van der Waals surface area contributed by atoms with Crippen molar-refractivity contribution in [3.63, 3.8) is 0 Å². The maximum Gasteiger partial charge on any atom is 0.267 e. The summed E-state index contributed by atoms with van der Waals surface area (Å²) in [7, 11) is 1.32. The molecular weight excluding hydrogens is 204 g/mol. The van der Waals surface area contributed by atoms with Crippen molar-refractivity contribution in [3.05, 3.63) is 29.3 Å². The summed E-state index contributed by atoms with van der Waals surface area (Å²) in [4.78, 5) is 0. The molecule has 0 radical (unpaired) electrons. The van der Waals surface area contributed by atoms with Gasteiger partial charge in [-0.25, -0.2) is 8.78 Å². The van der Waals surface area contributed by atoms with Gasteiger partial charge < -0.3 is 15.6 Å². The van der Waals surface area contributed by atoms with Crippen LogP contribution >= 0.6 is 0 Å². The van der Waals surface area contributed by atoms with E-state index in [-0.39, 0.29) is 17.9 Å². The van der Waals surface area contributed by atoms with Gasteiger partial charge in [0.05, 0.1) is 18.8 Å². The average Bonchev–Trinajstić information content (AvgIpc) is 2.27. The van der Waals surface area contributed by atoms with Crippen LogP contribution in [0.5, 0.6) is 5.75 Å². The van der Waals surface area contributed by atoms with E-state index in [1.807, 2.05) is 0 Å². The lowest BCUT2D eigenvalue weighted by molar-refractivity contribution is 0.145. The zero-order chi connectivity index (χ0) is 11.4. The number of aliphatic hydroxyl groups is 1. The first-order chi connectivity index (χ1) is 7.10. The highest BCUT2D eigenvalue weighted by atomic mass is 19.3. The Bertz CT molecular complexity index is 331. The van der Waals surface area contributed by atoms with Crippen LogP contribution < -0.4 is 10.5 Å². The first kappa shape index (κ1) is 11.9. The number of halogens is 2. The second-order valence-corrected chi connectivity index (χ2v) is 3.05. The molecule has 15 heavy (non-hydrogen) atoms. The van der Waals surface area contributed by atoms with Crippen LogP contribution in [0.4, 0.5) is 8.78 Å². The van der Waals surface area contributed by atoms with Crippen LogP contribution in [0.2, 0.25) is 0 Å². The Hall–Kier alpha value is -1.20. The van der Waals surface area contributed by atoms with Crippen molar-refractivity contribution in [1.29, 1.82) is 0 Å². The monoisotopic (exact) mass is 217 g/mol. The molecule has 0 amide bonds. The van der Waals surface area contributed by atoms with Gasteiger partial charge >= 0.3 is 0 Å². The summed E-state index contributed by atoms with van der Waals surface area (Å²) in [6.45, 7) is -0.00495. The highest BCUT2D eigenvalue weighted by molar-refractivity contribution is 5.38. The van der Waals surface area contributed by atoms with Crippen LogP contribution in [0, 0.1) is 0 Å². The van der Waals surface area contributed by atoms with Crippen molar-refractivity contribution in [2.45, 2.75) is 12.5 Å². The van der Waals surface area contributed by atoms with Gasteiger partial charge in [-0.05, 0) is 17.7 Å². The molecule has 1 aromatic rings. The molecular formula is C10H13F2NO2. The van der Waals surface area contributed by atoms with Gasteiger partial charge in [0.1, 0.15) is 5.75 Å². The predicted molar refractivity (Wildman–Crippen MR) is 52.0 cm³/mol. The van der Waals surface area contributed by atoms with E-state index in [0.717, 1.165) is 0 Å². The van der Waals surface area contributed by atoms with Crippen molar-refractivity contribution in [2.24, 2.45) is 5.73 Å². The summed E-state index contributed by atoms with van der Waals surface area (Å²) in [6.07, 6.45) is -3.56. The molecule has 3 N–H and O–H groups in total. The van der Waals surface area contributed by atoms with E-state index in [9.17, 15) is 13.9 Å². The molecule has 0 fully saturated rings. The van der Waals surface area contributed by atoms with Gasteiger partial charge in [0.25, 0.3) is 6.43 Å². The second-order valence-electron chi connectivity index (χ2n) is 3.05. The number of hydrogen-bond donors (Lipinski definition) is 2. The van der Waals surface area contributed by atoms with Gasteiger partial charge in [-0.2, -0.15) is 0 Å². The Morgan fingerprint density at radius 3 is 2.60 bits per heavy atom. The summed E-state index contributed by atoms with van der Waals surface area (Å²) in [5, 5.41) is 9.39. The van der Waals surface area contributed by atoms with Gasteiger partial charge in [0.15, 0.2) is 0 Å². The van der Waals surface area contributed by atoms with E-state index >= 15 is 0 Å². The number of aliphatic hydroxyl groups excluding tert-OH is 1. The normalized spacial score (nSPS) is 12.9. The number of benzene rings is 1. The number of ether oxygens (including phenoxy) is 1. The number of alkyl halides is 2. The molecule has 0 aliphatic rings. The van der Waals surface area contributed by atoms with Gasteiger partial charge in [0, 0.05) is 6.54 Å². The quantitative estimate of drug-likeness (QED) is 0.805. The molecule has 1 unspecified atom stereocenters. The van der Waals surface area contributed by atoms with Crippen molar-refractivity contribution >= 4 is 0 Å². The summed E-state index contributed by atoms with van der Waals surface area (Å²) < 4.78 is 29.9. The molecule has 0 spiro atoms. The summed E-state index contributed by atoms with van der Waals surface area (Å²) in [5.41, 5.74) is 5.37. The lowest BCUT2D eigenvalue weighted by atomic mass is 10.1. The van der Waals surface area contributed by atoms with Gasteiger partial charge in [-0.3, -0.25) is 0 Å². The lowest BCUT2D eigenvalue weighted by Crippen LogP contribution is -2.11. The fourth-order valence-electron chi connectivity index (χ4n) is 1.27. The van der Waals surface area contributed by atoms with E-state index in [2.05, 4.69) is 0 Å². The maximum atomic E-state index is 12.6. The molecule has 1 atom stereocenters. The zero-order valence-corrected chi connectivity index (χ0v) is 8.28. The molecule has 1 rings (SSSR count). The Morgan fingerprint density at radius 1 is 1.47 bits per heavy atom. The average molecular weight is 217 g/mol. The van der Waals surface area contributed by atoms with Gasteiger partial charge in [-0.15, -0.1) is 0 Å². The van der Waals surface area contributed by atoms with Crippen molar-refractivity contribution in [1.82, 2.24) is 0 Å². The molecule has 1 aromatic carbocycles. The minimum Gasteiger partial charge on any atom is -0.496 e. The Kier molecular flexibility index (Phi) is 3.99. The highest BCUT2D eigenvalue weighted by Crippen LogP contribution is 2.31. The minimum atomic E-state index is -2.63. The van der Waals surface area contributed by atoms with E-state index < -0.39 is 12.5 Å². The zero-order valence-electron chi connectivity index (χ0n) is 8.28. The van der Waals surface area contributed by atoms with Crippen LogP contribution in [-0.2, 0) is 0 Å². The first-order valence-corrected chi connectivity index (χ1v) is 4.44. The number of nitrogens with two attached hydrogens (primary N) is 1. The third-order valence-electron chi connectivity index (χ3n) is 2.10. The van der Waals surface area contributed by atoms with Gasteiger partial charge in [0.2, 0.25) is 0 Å². The van der Waals surface area contributed by atoms with E-state index in [0.29, 0.717) is 5.56 Å². The SMILES string of the molecule is COc1ccc(C(O)CN)cc1C(F)F. The molecule has 3 nitrogen and oxygen atoms in total. The Balaban J connectivity index is 3.10. The van der Waals surface area contributed by atoms with E-state index in [1.54, 1.807) is 0 Å². The van der Waals surface area contributed by atoms with Crippen molar-refractivity contribution in [3.8, 4) is 5.75 Å². The molecule has 0 heterocycles. The maximum absolute atomic E-state index is 12.6. The summed E-state index contributed by atoms with van der Waals surface area (Å²) in [5.74, 6) is 0.109. The fraction of sp³-hybridized carbons (Fsp3) is 0.400. The van der Waals surface area contributed by atoms with Crippen LogP contribution in [0.3, 0.4) is 0 Å². The molecule has 0 saturated carbocycles. The second kappa shape index (κ2) is 5.04. The van der Waals surface area contributed by atoms with Crippen molar-refractivity contribution in [2.75, 3.05) is 13.7 Å². The smallest absolute Gasteiger partial charge is 0.267 e. The lowest BCUT2D eigenvalue weighted by Gasteiger charge is -2.12. The standard InChI is InChI=1S/C10H13F2NO2/c1-15-9-3-2-6(8(14)5-13)4-7(9)10(11)12/h2-4,8,10,14H,5,13H2,1H3. The topological polar surface area (TPSA) is 55.5 Å². The van der Waals surface area contributed by atoms with Crippen LogP contribution in [0.1, 0.15) is 23.7 Å². The highest BCUT2D eigenvalue weighted by Gasteiger charge is 2.16.